The average Bonchev–Trinajstić information content (AvgIpc) is 3.34. The van der Waals surface area contributed by atoms with Crippen molar-refractivity contribution in [3.05, 3.63) is 42.4 Å². The Hall–Kier alpha value is -2.98. The standard InChI is InChI=1S/C22H22N6O/c23-11-22(4-1-5-22)17-3-2-16-10-26-28(18(16)8-17)20-9-19(24-15-25-20)27-12-21(13-27)6-7-29-14-21/h2-3,8-10,15H,1,4-7,12-14H2. The highest BCUT2D eigenvalue weighted by atomic mass is 16.5. The zero-order valence-corrected chi connectivity index (χ0v) is 16.2. The molecule has 7 nitrogen and oxygen atoms in total. The number of aromatic nitrogens is 4. The minimum Gasteiger partial charge on any atom is -0.381 e. The van der Waals surface area contributed by atoms with Gasteiger partial charge >= 0.3 is 0 Å². The van der Waals surface area contributed by atoms with Crippen LogP contribution in [0.3, 0.4) is 0 Å². The van der Waals surface area contributed by atoms with Crippen molar-refractivity contribution in [2.75, 3.05) is 31.2 Å². The van der Waals surface area contributed by atoms with E-state index in [2.05, 4.69) is 44.2 Å². The predicted octanol–water partition coefficient (Wildman–Crippen LogP) is 2.99. The number of fused-ring (bicyclic) bond motifs is 1. The van der Waals surface area contributed by atoms with Gasteiger partial charge in [-0.3, -0.25) is 0 Å². The molecule has 2 saturated heterocycles. The molecule has 0 atom stereocenters. The minimum atomic E-state index is -0.338. The summed E-state index contributed by atoms with van der Waals surface area (Å²) in [4.78, 5) is 11.3. The number of hydrogen-bond donors (Lipinski definition) is 0. The fourth-order valence-electron chi connectivity index (χ4n) is 4.94. The van der Waals surface area contributed by atoms with Crippen molar-refractivity contribution in [2.24, 2.45) is 5.41 Å². The van der Waals surface area contributed by atoms with Gasteiger partial charge in [-0.05, 0) is 37.3 Å². The van der Waals surface area contributed by atoms with Gasteiger partial charge in [0.15, 0.2) is 5.82 Å². The quantitative estimate of drug-likeness (QED) is 0.688. The Labute approximate surface area is 168 Å². The number of nitriles is 1. The van der Waals surface area contributed by atoms with Gasteiger partial charge in [-0.2, -0.15) is 10.4 Å². The highest BCUT2D eigenvalue weighted by molar-refractivity contribution is 5.81. The molecule has 146 valence electrons. The molecule has 2 aliphatic heterocycles. The number of rotatable bonds is 3. The molecule has 0 amide bonds. The molecule has 0 unspecified atom stereocenters. The minimum absolute atomic E-state index is 0.312. The van der Waals surface area contributed by atoms with Crippen molar-refractivity contribution in [3.8, 4) is 11.9 Å². The normalized spacial score (nSPS) is 21.7. The smallest absolute Gasteiger partial charge is 0.159 e. The van der Waals surface area contributed by atoms with Crippen LogP contribution in [-0.4, -0.2) is 46.1 Å². The Balaban J connectivity index is 1.34. The first-order valence-electron chi connectivity index (χ1n) is 10.3. The monoisotopic (exact) mass is 386 g/mol. The van der Waals surface area contributed by atoms with E-state index in [4.69, 9.17) is 4.74 Å². The second-order valence-corrected chi connectivity index (χ2v) is 8.77. The molecule has 29 heavy (non-hydrogen) atoms. The van der Waals surface area contributed by atoms with Gasteiger partial charge in [0.05, 0.1) is 29.8 Å². The Morgan fingerprint density at radius 2 is 1.93 bits per heavy atom. The van der Waals surface area contributed by atoms with E-state index in [-0.39, 0.29) is 5.41 Å². The molecule has 1 aliphatic carbocycles. The molecule has 1 saturated carbocycles. The molecular weight excluding hydrogens is 364 g/mol. The van der Waals surface area contributed by atoms with E-state index in [1.54, 1.807) is 6.33 Å². The van der Waals surface area contributed by atoms with Crippen LogP contribution in [0.25, 0.3) is 16.7 Å². The van der Waals surface area contributed by atoms with E-state index in [1.807, 2.05) is 16.9 Å². The van der Waals surface area contributed by atoms with E-state index in [0.717, 1.165) is 80.1 Å². The maximum atomic E-state index is 9.71. The fourth-order valence-corrected chi connectivity index (χ4v) is 4.94. The molecule has 4 heterocycles. The van der Waals surface area contributed by atoms with E-state index in [0.29, 0.717) is 5.41 Å². The first-order chi connectivity index (χ1) is 14.2. The van der Waals surface area contributed by atoms with Gasteiger partial charge < -0.3 is 9.64 Å². The van der Waals surface area contributed by atoms with Crippen LogP contribution in [0.4, 0.5) is 5.82 Å². The van der Waals surface area contributed by atoms with E-state index >= 15 is 0 Å². The third-order valence-electron chi connectivity index (χ3n) is 6.96. The lowest BCUT2D eigenvalue weighted by molar-refractivity contribution is 0.131. The zero-order chi connectivity index (χ0) is 19.5. The van der Waals surface area contributed by atoms with Gasteiger partial charge in [0, 0.05) is 36.6 Å². The molecular formula is C22H22N6O. The summed E-state index contributed by atoms with van der Waals surface area (Å²) in [5.41, 5.74) is 2.04. The van der Waals surface area contributed by atoms with Crippen molar-refractivity contribution >= 4 is 16.7 Å². The number of benzene rings is 1. The Bertz CT molecular complexity index is 1130. The molecule has 2 aromatic heterocycles. The van der Waals surface area contributed by atoms with Crippen LogP contribution in [0.2, 0.25) is 0 Å². The van der Waals surface area contributed by atoms with Crippen LogP contribution in [0.5, 0.6) is 0 Å². The van der Waals surface area contributed by atoms with E-state index in [9.17, 15) is 5.26 Å². The average molecular weight is 386 g/mol. The van der Waals surface area contributed by atoms with Crippen LogP contribution in [0.15, 0.2) is 36.8 Å². The van der Waals surface area contributed by atoms with Crippen molar-refractivity contribution in [2.45, 2.75) is 31.1 Å². The van der Waals surface area contributed by atoms with Crippen LogP contribution < -0.4 is 4.90 Å². The SMILES string of the molecule is N#CC1(c2ccc3cnn(-c4cc(N5CC6(CCOC6)C5)ncn4)c3c2)CCC1. The summed E-state index contributed by atoms with van der Waals surface area (Å²) in [5, 5.41) is 15.3. The van der Waals surface area contributed by atoms with E-state index in [1.165, 1.54) is 0 Å². The summed E-state index contributed by atoms with van der Waals surface area (Å²) in [5.74, 6) is 1.69. The lowest BCUT2D eigenvalue weighted by Crippen LogP contribution is -2.57. The molecule has 6 rings (SSSR count). The summed E-state index contributed by atoms with van der Waals surface area (Å²) < 4.78 is 7.45. The Morgan fingerprint density at radius 1 is 1.07 bits per heavy atom. The Kier molecular flexibility index (Phi) is 3.51. The summed E-state index contributed by atoms with van der Waals surface area (Å²) >= 11 is 0. The maximum absolute atomic E-state index is 9.71. The molecule has 0 N–H and O–H groups in total. The van der Waals surface area contributed by atoms with E-state index < -0.39 is 0 Å². The van der Waals surface area contributed by atoms with Crippen LogP contribution >= 0.6 is 0 Å². The van der Waals surface area contributed by atoms with Gasteiger partial charge in [-0.25, -0.2) is 14.6 Å². The molecule has 3 aliphatic rings. The van der Waals surface area contributed by atoms with Crippen molar-refractivity contribution in [1.82, 2.24) is 19.7 Å². The molecule has 7 heteroatoms. The summed E-state index contributed by atoms with van der Waals surface area (Å²) in [6.45, 7) is 3.69. The van der Waals surface area contributed by atoms with Gasteiger partial charge in [0.25, 0.3) is 0 Å². The van der Waals surface area contributed by atoms with Gasteiger partial charge in [0.2, 0.25) is 0 Å². The first-order valence-corrected chi connectivity index (χ1v) is 10.3. The largest absolute Gasteiger partial charge is 0.381 e. The highest BCUT2D eigenvalue weighted by Crippen LogP contribution is 2.44. The topological polar surface area (TPSA) is 79.9 Å². The summed E-state index contributed by atoms with van der Waals surface area (Å²) in [7, 11) is 0. The summed E-state index contributed by atoms with van der Waals surface area (Å²) in [6.07, 6.45) is 7.58. The second-order valence-electron chi connectivity index (χ2n) is 8.77. The number of nitrogens with zero attached hydrogens (tertiary/aromatic N) is 6. The zero-order valence-electron chi connectivity index (χ0n) is 16.2. The third kappa shape index (κ3) is 2.49. The van der Waals surface area contributed by atoms with Crippen LogP contribution in [0, 0.1) is 16.7 Å². The first kappa shape index (κ1) is 16.9. The number of ether oxygens (including phenoxy) is 1. The van der Waals surface area contributed by atoms with Gasteiger partial charge in [-0.1, -0.05) is 12.1 Å². The lowest BCUT2D eigenvalue weighted by Gasteiger charge is -2.47. The number of hydrogen-bond acceptors (Lipinski definition) is 6. The molecule has 1 spiro atoms. The highest BCUT2D eigenvalue weighted by Gasteiger charge is 2.46. The van der Waals surface area contributed by atoms with Gasteiger partial charge in [-0.15, -0.1) is 0 Å². The summed E-state index contributed by atoms with van der Waals surface area (Å²) in [6, 6.07) is 10.8. The lowest BCUT2D eigenvalue weighted by atomic mass is 9.65. The van der Waals surface area contributed by atoms with Crippen LogP contribution in [-0.2, 0) is 10.2 Å². The fraction of sp³-hybridized carbons (Fsp3) is 0.455. The Morgan fingerprint density at radius 3 is 2.66 bits per heavy atom. The molecule has 3 aromatic rings. The van der Waals surface area contributed by atoms with Gasteiger partial charge in [0.1, 0.15) is 12.1 Å². The number of anilines is 1. The third-order valence-corrected chi connectivity index (χ3v) is 6.96. The van der Waals surface area contributed by atoms with Crippen molar-refractivity contribution in [3.63, 3.8) is 0 Å². The molecule has 0 bridgehead atoms. The second kappa shape index (κ2) is 6.01. The predicted molar refractivity (Wildman–Crippen MR) is 108 cm³/mol. The van der Waals surface area contributed by atoms with Crippen LogP contribution in [0.1, 0.15) is 31.2 Å². The molecule has 1 aromatic carbocycles. The van der Waals surface area contributed by atoms with Crippen molar-refractivity contribution < 1.29 is 4.74 Å². The maximum Gasteiger partial charge on any atom is 0.159 e. The van der Waals surface area contributed by atoms with Crippen molar-refractivity contribution in [1.29, 1.82) is 5.26 Å². The molecule has 3 fully saturated rings. The molecule has 0 radical (unpaired) electrons.